The van der Waals surface area contributed by atoms with Crippen molar-refractivity contribution in [2.24, 2.45) is 0 Å². The summed E-state index contributed by atoms with van der Waals surface area (Å²) in [5, 5.41) is 19.3. The van der Waals surface area contributed by atoms with Crippen LogP contribution in [0.3, 0.4) is 0 Å². The van der Waals surface area contributed by atoms with E-state index in [9.17, 15) is 9.90 Å². The Morgan fingerprint density at radius 3 is 2.16 bits per heavy atom. The van der Waals surface area contributed by atoms with Crippen LogP contribution in [0.2, 0.25) is 0 Å². The van der Waals surface area contributed by atoms with Gasteiger partial charge in [0, 0.05) is 0 Å². The van der Waals surface area contributed by atoms with Crippen LogP contribution in [0.4, 0.5) is 0 Å². The highest BCUT2D eigenvalue weighted by Gasteiger charge is 2.24. The highest BCUT2D eigenvalue weighted by atomic mass is 16.5. The van der Waals surface area contributed by atoms with Crippen molar-refractivity contribution >= 4 is 11.8 Å². The number of carbonyl (C=O) groups excluding carboxylic acids is 2. The predicted octanol–water partition coefficient (Wildman–Crippen LogP) is 1.54. The molecule has 2 rings (SSSR count). The lowest BCUT2D eigenvalue weighted by molar-refractivity contribution is -0.297. The van der Waals surface area contributed by atoms with Crippen molar-refractivity contribution in [1.29, 1.82) is 0 Å². The fraction of sp³-hybridized carbons (Fsp3) is 0.158. The normalized spacial score (nSPS) is 10.7. The average molecular weight is 343 g/mol. The number of carboxylic acid groups (broad SMARTS) is 1. The summed E-state index contributed by atoms with van der Waals surface area (Å²) >= 11 is 0. The van der Waals surface area contributed by atoms with Gasteiger partial charge in [0.15, 0.2) is 17.3 Å². The van der Waals surface area contributed by atoms with E-state index in [1.54, 1.807) is 42.5 Å². The van der Waals surface area contributed by atoms with Crippen molar-refractivity contribution in [1.82, 2.24) is 0 Å². The summed E-state index contributed by atoms with van der Waals surface area (Å²) in [6.07, 6.45) is -0.503. The van der Waals surface area contributed by atoms with Crippen molar-refractivity contribution in [3.05, 3.63) is 72.3 Å². The number of aliphatic hydroxyl groups is 1. The quantitative estimate of drug-likeness (QED) is 0.631. The van der Waals surface area contributed by atoms with Gasteiger partial charge < -0.3 is 24.5 Å². The second kappa shape index (κ2) is 9.89. The molecular weight excluding hydrogens is 324 g/mol. The number of ketones is 1. The fourth-order valence-corrected chi connectivity index (χ4v) is 2.02. The van der Waals surface area contributed by atoms with E-state index in [-0.39, 0.29) is 0 Å². The summed E-state index contributed by atoms with van der Waals surface area (Å²) in [5.74, 6) is -0.870. The van der Waals surface area contributed by atoms with Crippen molar-refractivity contribution in [3.63, 3.8) is 0 Å². The number of carboxylic acids is 1. The first-order valence-electron chi connectivity index (χ1n) is 7.27. The molecule has 0 aliphatic carbocycles. The first-order valence-corrected chi connectivity index (χ1v) is 7.27. The summed E-state index contributed by atoms with van der Waals surface area (Å²) < 4.78 is 10.4. The molecule has 2 aromatic carbocycles. The number of carbonyl (C=O) groups is 2. The molecule has 1 unspecified atom stereocenters. The number of para-hydroxylation sites is 1. The van der Waals surface area contributed by atoms with Gasteiger partial charge in [-0.25, -0.2) is 0 Å². The van der Waals surface area contributed by atoms with Gasteiger partial charge in [0.2, 0.25) is 0 Å². The molecule has 0 bridgehead atoms. The van der Waals surface area contributed by atoms with Crippen LogP contribution >= 0.6 is 0 Å². The fourth-order valence-electron chi connectivity index (χ4n) is 2.02. The molecular formula is C19H19O6-. The highest BCUT2D eigenvalue weighted by Crippen LogP contribution is 2.33. The first-order chi connectivity index (χ1) is 12.0. The van der Waals surface area contributed by atoms with Gasteiger partial charge in [-0.1, -0.05) is 43.0 Å². The zero-order valence-electron chi connectivity index (χ0n) is 14.0. The third-order valence-electron chi connectivity index (χ3n) is 3.20. The number of aliphatic hydroxyl groups excluding tert-OH is 1. The summed E-state index contributed by atoms with van der Waals surface area (Å²) in [4.78, 5) is 21.5. The summed E-state index contributed by atoms with van der Waals surface area (Å²) in [7, 11) is 2.96. The van der Waals surface area contributed by atoms with Crippen LogP contribution in [0.25, 0.3) is 0 Å². The van der Waals surface area contributed by atoms with Crippen LogP contribution in [0.15, 0.2) is 61.2 Å². The minimum absolute atomic E-state index is 0.295. The lowest BCUT2D eigenvalue weighted by Gasteiger charge is -2.14. The summed E-state index contributed by atoms with van der Waals surface area (Å²) in [5.41, 5.74) is 0.838. The Balaban J connectivity index is 0.000000550. The molecule has 0 saturated carbocycles. The van der Waals surface area contributed by atoms with Crippen LogP contribution in [0, 0.1) is 0 Å². The minimum atomic E-state index is -1.23. The zero-order chi connectivity index (χ0) is 18.8. The van der Waals surface area contributed by atoms with E-state index in [2.05, 4.69) is 6.58 Å². The molecule has 0 heterocycles. The molecule has 6 heteroatoms. The molecule has 1 N–H and O–H groups in total. The SMILES string of the molecule is C=CC(=O)[O-].COc1cccc(C(=O)C(O)c2ccccc2)c1OC. The molecule has 0 fully saturated rings. The zero-order valence-corrected chi connectivity index (χ0v) is 14.0. The average Bonchev–Trinajstić information content (AvgIpc) is 2.67. The molecule has 0 spiro atoms. The predicted molar refractivity (Wildman–Crippen MR) is 90.5 cm³/mol. The molecule has 132 valence electrons. The van der Waals surface area contributed by atoms with Crippen molar-refractivity contribution in [2.75, 3.05) is 14.2 Å². The Labute approximate surface area is 145 Å². The Morgan fingerprint density at radius 1 is 1.08 bits per heavy atom. The molecule has 25 heavy (non-hydrogen) atoms. The van der Waals surface area contributed by atoms with Gasteiger partial charge in [-0.05, 0) is 23.8 Å². The van der Waals surface area contributed by atoms with Gasteiger partial charge >= 0.3 is 0 Å². The van der Waals surface area contributed by atoms with E-state index in [0.29, 0.717) is 22.6 Å². The van der Waals surface area contributed by atoms with Crippen LogP contribution in [-0.2, 0) is 4.79 Å². The number of Topliss-reactive ketones (excluding diaryl/α,β-unsaturated/α-hetero) is 1. The van der Waals surface area contributed by atoms with E-state index >= 15 is 0 Å². The number of hydrogen-bond donors (Lipinski definition) is 1. The highest BCUT2D eigenvalue weighted by molar-refractivity contribution is 6.02. The lowest BCUT2D eigenvalue weighted by Crippen LogP contribution is -2.17. The molecule has 0 aromatic heterocycles. The van der Waals surface area contributed by atoms with Gasteiger partial charge in [0.25, 0.3) is 0 Å². The van der Waals surface area contributed by atoms with Gasteiger partial charge in [0.05, 0.1) is 25.8 Å². The smallest absolute Gasteiger partial charge is 0.199 e. The molecule has 6 nitrogen and oxygen atoms in total. The molecule has 0 aliphatic rings. The summed E-state index contributed by atoms with van der Waals surface area (Å²) in [6, 6.07) is 13.8. The van der Waals surface area contributed by atoms with Gasteiger partial charge in [-0.2, -0.15) is 0 Å². The van der Waals surface area contributed by atoms with Crippen LogP contribution < -0.4 is 14.6 Å². The maximum Gasteiger partial charge on any atom is 0.199 e. The molecule has 0 saturated heterocycles. The maximum atomic E-state index is 12.4. The Bertz CT molecular complexity index is 724. The molecule has 0 radical (unpaired) electrons. The number of aliphatic carboxylic acids is 1. The molecule has 0 amide bonds. The second-order valence-corrected chi connectivity index (χ2v) is 4.74. The van der Waals surface area contributed by atoms with Crippen LogP contribution in [0.5, 0.6) is 11.5 Å². The third kappa shape index (κ3) is 5.47. The molecule has 1 atom stereocenters. The Kier molecular flexibility index (Phi) is 7.89. The standard InChI is InChI=1S/C16H16O4.C3H4O2/c1-19-13-10-6-9-12(16(13)20-2)15(18)14(17)11-7-4-3-5-8-11;1-2-3(4)5/h3-10,14,17H,1-2H3;2H,1H2,(H,4,5)/p-1. The van der Waals surface area contributed by atoms with Crippen LogP contribution in [-0.4, -0.2) is 31.1 Å². The van der Waals surface area contributed by atoms with Gasteiger partial charge in [-0.15, -0.1) is 0 Å². The van der Waals surface area contributed by atoms with Gasteiger partial charge in [0.1, 0.15) is 6.10 Å². The van der Waals surface area contributed by atoms with Crippen molar-refractivity contribution in [3.8, 4) is 11.5 Å². The molecule has 0 aliphatic heterocycles. The number of ether oxygens (including phenoxy) is 2. The number of benzene rings is 2. The van der Waals surface area contributed by atoms with E-state index in [0.717, 1.165) is 6.08 Å². The second-order valence-electron chi connectivity index (χ2n) is 4.74. The maximum absolute atomic E-state index is 12.4. The first kappa shape index (κ1) is 19.9. The van der Waals surface area contributed by atoms with E-state index in [1.165, 1.54) is 14.2 Å². The van der Waals surface area contributed by atoms with Crippen LogP contribution in [0.1, 0.15) is 22.0 Å². The van der Waals surface area contributed by atoms with Crippen molar-refractivity contribution < 1.29 is 29.3 Å². The van der Waals surface area contributed by atoms with Crippen molar-refractivity contribution in [2.45, 2.75) is 6.10 Å². The molecule has 2 aromatic rings. The van der Waals surface area contributed by atoms with E-state index in [1.807, 2.05) is 6.07 Å². The largest absolute Gasteiger partial charge is 0.545 e. The number of rotatable bonds is 6. The summed E-state index contributed by atoms with van der Waals surface area (Å²) in [6.45, 7) is 2.90. The Hall–Kier alpha value is -3.12. The number of methoxy groups -OCH3 is 2. The lowest BCUT2D eigenvalue weighted by atomic mass is 9.99. The van der Waals surface area contributed by atoms with E-state index in [4.69, 9.17) is 19.4 Å². The topological polar surface area (TPSA) is 95.9 Å². The Morgan fingerprint density at radius 2 is 1.68 bits per heavy atom. The third-order valence-corrected chi connectivity index (χ3v) is 3.20. The number of hydrogen-bond acceptors (Lipinski definition) is 6. The van der Waals surface area contributed by atoms with Gasteiger partial charge in [-0.3, -0.25) is 4.79 Å². The monoisotopic (exact) mass is 343 g/mol. The minimum Gasteiger partial charge on any atom is -0.545 e. The van der Waals surface area contributed by atoms with E-state index < -0.39 is 17.9 Å².